The first-order chi connectivity index (χ1) is 18.9. The highest BCUT2D eigenvalue weighted by Crippen LogP contribution is 2.47. The normalized spacial score (nSPS) is 18.4. The Morgan fingerprint density at radius 2 is 1.51 bits per heavy atom. The number of hydrogen-bond donors (Lipinski definition) is 2. The third-order valence-corrected chi connectivity index (χ3v) is 7.26. The zero-order chi connectivity index (χ0) is 27.5. The van der Waals surface area contributed by atoms with E-state index in [4.69, 9.17) is 18.9 Å². The lowest BCUT2D eigenvalue weighted by Gasteiger charge is -2.30. The van der Waals surface area contributed by atoms with Crippen LogP contribution in [0.15, 0.2) is 71.9 Å². The number of ketones is 1. The van der Waals surface area contributed by atoms with Crippen LogP contribution in [0.1, 0.15) is 49.8 Å². The predicted octanol–water partition coefficient (Wildman–Crippen LogP) is 6.73. The predicted molar refractivity (Wildman–Crippen MR) is 153 cm³/mol. The minimum absolute atomic E-state index is 0.0461. The summed E-state index contributed by atoms with van der Waals surface area (Å²) in [5.74, 6) is 3.03. The minimum Gasteiger partial charge on any atom is -0.493 e. The molecule has 0 radical (unpaired) electrons. The zero-order valence-corrected chi connectivity index (χ0v) is 23.2. The van der Waals surface area contributed by atoms with E-state index in [2.05, 4.69) is 24.5 Å². The van der Waals surface area contributed by atoms with E-state index in [-0.39, 0.29) is 17.7 Å². The van der Waals surface area contributed by atoms with Crippen molar-refractivity contribution in [3.63, 3.8) is 0 Å². The summed E-state index contributed by atoms with van der Waals surface area (Å²) in [5.41, 5.74) is 5.58. The van der Waals surface area contributed by atoms with Crippen LogP contribution in [0, 0.1) is 5.92 Å². The van der Waals surface area contributed by atoms with Crippen LogP contribution in [0.25, 0.3) is 0 Å². The van der Waals surface area contributed by atoms with E-state index in [0.29, 0.717) is 42.6 Å². The van der Waals surface area contributed by atoms with Gasteiger partial charge in [-0.1, -0.05) is 38.1 Å². The van der Waals surface area contributed by atoms with Crippen molar-refractivity contribution in [2.24, 2.45) is 5.92 Å². The van der Waals surface area contributed by atoms with Crippen LogP contribution >= 0.6 is 0 Å². The maximum absolute atomic E-state index is 13.9. The molecule has 0 saturated carbocycles. The van der Waals surface area contributed by atoms with E-state index < -0.39 is 0 Å². The Labute approximate surface area is 230 Å². The average molecular weight is 529 g/mol. The lowest BCUT2D eigenvalue weighted by Crippen LogP contribution is -2.27. The van der Waals surface area contributed by atoms with E-state index in [1.54, 1.807) is 21.3 Å². The number of carbonyl (C=O) groups is 1. The van der Waals surface area contributed by atoms with Crippen molar-refractivity contribution in [2.45, 2.75) is 38.6 Å². The Kier molecular flexibility index (Phi) is 7.68. The number of carbonyl (C=O) groups excluding carboxylic acids is 1. The number of fused-ring (bicyclic) bond motifs is 1. The van der Waals surface area contributed by atoms with Gasteiger partial charge in [0.05, 0.1) is 45.4 Å². The van der Waals surface area contributed by atoms with Crippen LogP contribution in [0.4, 0.5) is 11.4 Å². The molecule has 1 aliphatic carbocycles. The molecule has 2 aliphatic rings. The highest BCUT2D eigenvalue weighted by atomic mass is 16.5. The van der Waals surface area contributed by atoms with Crippen molar-refractivity contribution in [1.82, 2.24) is 0 Å². The van der Waals surface area contributed by atoms with Gasteiger partial charge in [0.15, 0.2) is 17.3 Å². The molecule has 2 atom stereocenters. The molecule has 1 aliphatic heterocycles. The molecule has 0 aromatic heterocycles. The summed E-state index contributed by atoms with van der Waals surface area (Å²) in [7, 11) is 4.80. The number of anilines is 2. The topological polar surface area (TPSA) is 78.1 Å². The molecule has 3 aromatic rings. The van der Waals surface area contributed by atoms with Crippen LogP contribution in [0.3, 0.4) is 0 Å². The highest BCUT2D eigenvalue weighted by molar-refractivity contribution is 6.01. The lowest BCUT2D eigenvalue weighted by atomic mass is 9.78. The third-order valence-electron chi connectivity index (χ3n) is 7.26. The molecule has 7 nitrogen and oxygen atoms in total. The minimum atomic E-state index is -0.288. The molecule has 0 amide bonds. The van der Waals surface area contributed by atoms with Gasteiger partial charge in [0, 0.05) is 17.7 Å². The number of ether oxygens (including phenoxy) is 4. The van der Waals surface area contributed by atoms with Crippen LogP contribution in [0.2, 0.25) is 0 Å². The van der Waals surface area contributed by atoms with Gasteiger partial charge in [-0.05, 0) is 65.8 Å². The maximum Gasteiger partial charge on any atom is 0.203 e. The number of nitrogens with one attached hydrogen (secondary N) is 2. The monoisotopic (exact) mass is 528 g/mol. The fraction of sp³-hybridized carbons (Fsp3) is 0.344. The smallest absolute Gasteiger partial charge is 0.203 e. The standard InChI is InChI=1S/C32H36N2O5/c1-19(2)18-39-23-12-10-20(11-13-23)31-30-26(33-24-8-6-7-9-25(24)34-31)14-21(15-27(30)35)22-16-28(36-3)32(38-5)29(17-22)37-4/h6-13,16-17,19,21,31,33-34H,14-15,18H2,1-5H3. The van der Waals surface area contributed by atoms with E-state index in [0.717, 1.165) is 39.5 Å². The highest BCUT2D eigenvalue weighted by Gasteiger charge is 2.36. The van der Waals surface area contributed by atoms with Gasteiger partial charge in [-0.3, -0.25) is 4.79 Å². The summed E-state index contributed by atoms with van der Waals surface area (Å²) < 4.78 is 22.6. The van der Waals surface area contributed by atoms with Crippen molar-refractivity contribution >= 4 is 17.2 Å². The fourth-order valence-corrected chi connectivity index (χ4v) is 5.33. The fourth-order valence-electron chi connectivity index (χ4n) is 5.33. The summed E-state index contributed by atoms with van der Waals surface area (Å²) in [4.78, 5) is 13.9. The molecule has 0 bridgehead atoms. The first-order valence-corrected chi connectivity index (χ1v) is 13.3. The average Bonchev–Trinajstić information content (AvgIpc) is 3.12. The third kappa shape index (κ3) is 5.39. The van der Waals surface area contributed by atoms with E-state index in [1.807, 2.05) is 60.7 Å². The van der Waals surface area contributed by atoms with Gasteiger partial charge in [-0.2, -0.15) is 0 Å². The van der Waals surface area contributed by atoms with Crippen molar-refractivity contribution in [1.29, 1.82) is 0 Å². The van der Waals surface area contributed by atoms with E-state index in [1.165, 1.54) is 0 Å². The molecule has 7 heteroatoms. The summed E-state index contributed by atoms with van der Waals surface area (Å²) in [5, 5.41) is 7.24. The quantitative estimate of drug-likeness (QED) is 0.336. The van der Waals surface area contributed by atoms with E-state index in [9.17, 15) is 4.79 Å². The number of benzene rings is 3. The Hall–Kier alpha value is -4.13. The number of para-hydroxylation sites is 2. The van der Waals surface area contributed by atoms with E-state index >= 15 is 0 Å². The Morgan fingerprint density at radius 1 is 0.846 bits per heavy atom. The molecular formula is C32H36N2O5. The Bertz CT molecular complexity index is 1350. The second-order valence-corrected chi connectivity index (χ2v) is 10.4. The second kappa shape index (κ2) is 11.3. The molecule has 0 spiro atoms. The summed E-state index contributed by atoms with van der Waals surface area (Å²) in [6.45, 7) is 4.92. The Balaban J connectivity index is 1.53. The molecule has 0 saturated heterocycles. The molecular weight excluding hydrogens is 492 g/mol. The first-order valence-electron chi connectivity index (χ1n) is 13.3. The van der Waals surface area contributed by atoms with Crippen molar-refractivity contribution in [2.75, 3.05) is 38.6 Å². The van der Waals surface area contributed by atoms with Gasteiger partial charge in [0.2, 0.25) is 5.75 Å². The van der Waals surface area contributed by atoms with Gasteiger partial charge >= 0.3 is 0 Å². The molecule has 2 unspecified atom stereocenters. The second-order valence-electron chi connectivity index (χ2n) is 10.4. The molecule has 204 valence electrons. The molecule has 1 heterocycles. The first kappa shape index (κ1) is 26.5. The van der Waals surface area contributed by atoms with Crippen molar-refractivity contribution < 1.29 is 23.7 Å². The lowest BCUT2D eigenvalue weighted by molar-refractivity contribution is -0.116. The molecule has 3 aromatic carbocycles. The number of methoxy groups -OCH3 is 3. The summed E-state index contributed by atoms with van der Waals surface area (Å²) >= 11 is 0. The number of rotatable bonds is 8. The van der Waals surface area contributed by atoms with Crippen LogP contribution in [-0.4, -0.2) is 33.7 Å². The summed E-state index contributed by atoms with van der Waals surface area (Å²) in [6.07, 6.45) is 1.05. The molecule has 5 rings (SSSR count). The van der Waals surface area contributed by atoms with Gasteiger partial charge in [0.1, 0.15) is 5.75 Å². The Morgan fingerprint density at radius 3 is 2.13 bits per heavy atom. The maximum atomic E-state index is 13.9. The molecule has 0 fully saturated rings. The van der Waals surface area contributed by atoms with Crippen molar-refractivity contribution in [3.8, 4) is 23.0 Å². The zero-order valence-electron chi connectivity index (χ0n) is 23.2. The van der Waals surface area contributed by atoms with Gasteiger partial charge in [-0.25, -0.2) is 0 Å². The van der Waals surface area contributed by atoms with Crippen LogP contribution in [-0.2, 0) is 4.79 Å². The largest absolute Gasteiger partial charge is 0.493 e. The molecule has 39 heavy (non-hydrogen) atoms. The van der Waals surface area contributed by atoms with Gasteiger partial charge in [-0.15, -0.1) is 0 Å². The summed E-state index contributed by atoms with van der Waals surface area (Å²) in [6, 6.07) is 19.7. The number of Topliss-reactive ketones (excluding diaryl/α,β-unsaturated/α-hetero) is 1. The van der Waals surface area contributed by atoms with Gasteiger partial charge < -0.3 is 29.6 Å². The SMILES string of the molecule is COc1cc(C2CC(=O)C3=C(C2)Nc2ccccc2NC3c2ccc(OCC(C)C)cc2)cc(OC)c1OC. The van der Waals surface area contributed by atoms with Gasteiger partial charge in [0.25, 0.3) is 0 Å². The van der Waals surface area contributed by atoms with Crippen LogP contribution in [0.5, 0.6) is 23.0 Å². The number of hydrogen-bond acceptors (Lipinski definition) is 7. The molecule has 2 N–H and O–H groups in total. The number of allylic oxidation sites excluding steroid dienone is 1. The van der Waals surface area contributed by atoms with Crippen molar-refractivity contribution in [3.05, 3.63) is 83.1 Å². The van der Waals surface area contributed by atoms with Crippen LogP contribution < -0.4 is 29.6 Å².